The highest BCUT2D eigenvalue weighted by molar-refractivity contribution is 5.92. The summed E-state index contributed by atoms with van der Waals surface area (Å²) < 4.78 is 15.0. The maximum atomic E-state index is 11.8. The molecule has 1 N–H and O–H groups in total. The summed E-state index contributed by atoms with van der Waals surface area (Å²) in [5.41, 5.74) is 0.257. The second-order valence-corrected chi connectivity index (χ2v) is 3.63. The molecule has 0 fully saturated rings. The van der Waals surface area contributed by atoms with E-state index in [0.29, 0.717) is 11.5 Å². The number of carbonyl (C=O) groups is 2. The second-order valence-electron chi connectivity index (χ2n) is 3.63. The molecule has 6 heteroatoms. The zero-order chi connectivity index (χ0) is 15.0. The van der Waals surface area contributed by atoms with Gasteiger partial charge in [0, 0.05) is 0 Å². The van der Waals surface area contributed by atoms with Crippen LogP contribution in [0.25, 0.3) is 0 Å². The van der Waals surface area contributed by atoms with Crippen LogP contribution in [-0.2, 0) is 9.53 Å². The fourth-order valence-electron chi connectivity index (χ4n) is 1.38. The van der Waals surface area contributed by atoms with Gasteiger partial charge >= 0.3 is 5.97 Å². The third-order valence-electron chi connectivity index (χ3n) is 2.34. The van der Waals surface area contributed by atoms with E-state index in [0.717, 1.165) is 0 Å². The molecule has 0 bridgehead atoms. The van der Waals surface area contributed by atoms with E-state index < -0.39 is 18.5 Å². The molecule has 0 heterocycles. The zero-order valence-corrected chi connectivity index (χ0v) is 11.3. The third-order valence-corrected chi connectivity index (χ3v) is 2.34. The molecular weight excluding hydrogens is 262 g/mol. The van der Waals surface area contributed by atoms with E-state index in [2.05, 4.69) is 11.2 Å². The minimum Gasteiger partial charge on any atom is -0.493 e. The molecule has 1 amide bonds. The number of ether oxygens (including phenoxy) is 3. The van der Waals surface area contributed by atoms with Crippen LogP contribution in [0.4, 0.5) is 0 Å². The van der Waals surface area contributed by atoms with Crippen molar-refractivity contribution in [3.05, 3.63) is 23.8 Å². The minimum atomic E-state index is -0.637. The average Bonchev–Trinajstić information content (AvgIpc) is 2.49. The molecule has 1 aromatic carbocycles. The highest BCUT2D eigenvalue weighted by Crippen LogP contribution is 2.27. The van der Waals surface area contributed by atoms with Crippen LogP contribution in [-0.4, -0.2) is 39.2 Å². The Morgan fingerprint density at radius 2 is 1.95 bits per heavy atom. The van der Waals surface area contributed by atoms with Crippen LogP contribution < -0.4 is 14.8 Å². The highest BCUT2D eigenvalue weighted by Gasteiger charge is 2.13. The lowest BCUT2D eigenvalue weighted by Crippen LogP contribution is -2.28. The summed E-state index contributed by atoms with van der Waals surface area (Å²) >= 11 is 0. The number of nitrogens with one attached hydrogen (secondary N) is 1. The molecule has 0 aromatic heterocycles. The van der Waals surface area contributed by atoms with Crippen molar-refractivity contribution in [3.8, 4) is 23.8 Å². The van der Waals surface area contributed by atoms with Crippen molar-refractivity contribution >= 4 is 11.9 Å². The van der Waals surface area contributed by atoms with Crippen molar-refractivity contribution in [3.63, 3.8) is 0 Å². The lowest BCUT2D eigenvalue weighted by atomic mass is 10.2. The van der Waals surface area contributed by atoms with Gasteiger partial charge in [-0.3, -0.25) is 4.79 Å². The van der Waals surface area contributed by atoms with Crippen molar-refractivity contribution in [1.82, 2.24) is 5.32 Å². The number of hydrogen-bond acceptors (Lipinski definition) is 5. The van der Waals surface area contributed by atoms with E-state index in [1.54, 1.807) is 6.07 Å². The van der Waals surface area contributed by atoms with E-state index in [1.165, 1.54) is 26.4 Å². The lowest BCUT2D eigenvalue weighted by Gasteiger charge is -2.09. The fourth-order valence-corrected chi connectivity index (χ4v) is 1.38. The predicted octanol–water partition coefficient (Wildman–Crippen LogP) is 0.610. The molecule has 6 nitrogen and oxygen atoms in total. The van der Waals surface area contributed by atoms with Crippen LogP contribution >= 0.6 is 0 Å². The second kappa shape index (κ2) is 7.69. The van der Waals surface area contributed by atoms with Crippen LogP contribution in [0, 0.1) is 12.3 Å². The van der Waals surface area contributed by atoms with E-state index >= 15 is 0 Å². The summed E-state index contributed by atoms with van der Waals surface area (Å²) in [6, 6.07) is 4.57. The average molecular weight is 277 g/mol. The Morgan fingerprint density at radius 3 is 2.55 bits per heavy atom. The Labute approximate surface area is 117 Å². The number of esters is 1. The Morgan fingerprint density at radius 1 is 1.25 bits per heavy atom. The fraction of sp³-hybridized carbons (Fsp3) is 0.286. The molecule has 0 aliphatic heterocycles. The Balaban J connectivity index is 2.64. The van der Waals surface area contributed by atoms with Crippen LogP contribution in [0.2, 0.25) is 0 Å². The molecule has 0 aliphatic carbocycles. The molecule has 1 rings (SSSR count). The largest absolute Gasteiger partial charge is 0.493 e. The van der Waals surface area contributed by atoms with Crippen molar-refractivity contribution < 1.29 is 23.8 Å². The molecule has 0 saturated carbocycles. The van der Waals surface area contributed by atoms with Gasteiger partial charge in [0.15, 0.2) is 18.1 Å². The quantitative estimate of drug-likeness (QED) is 0.609. The van der Waals surface area contributed by atoms with Gasteiger partial charge in [-0.15, -0.1) is 6.42 Å². The summed E-state index contributed by atoms with van der Waals surface area (Å²) in [6.07, 6.45) is 4.98. The topological polar surface area (TPSA) is 73.9 Å². The maximum absolute atomic E-state index is 11.8. The number of rotatable bonds is 6. The Kier molecular flexibility index (Phi) is 5.91. The van der Waals surface area contributed by atoms with Gasteiger partial charge in [0.25, 0.3) is 5.91 Å². The Bertz CT molecular complexity index is 533. The van der Waals surface area contributed by atoms with E-state index in [4.69, 9.17) is 20.6 Å². The zero-order valence-electron chi connectivity index (χ0n) is 11.3. The maximum Gasteiger partial charge on any atom is 0.338 e. The molecule has 0 saturated heterocycles. The first-order valence-electron chi connectivity index (χ1n) is 5.71. The molecule has 0 atom stereocenters. The summed E-state index contributed by atoms with van der Waals surface area (Å²) in [4.78, 5) is 23.0. The van der Waals surface area contributed by atoms with E-state index in [9.17, 15) is 9.59 Å². The molecule has 0 aliphatic rings. The first-order valence-corrected chi connectivity index (χ1v) is 5.71. The van der Waals surface area contributed by atoms with Crippen molar-refractivity contribution in [1.29, 1.82) is 0 Å². The van der Waals surface area contributed by atoms with Gasteiger partial charge in [0.05, 0.1) is 26.3 Å². The number of terminal acetylenes is 1. The van der Waals surface area contributed by atoms with Crippen LogP contribution in [0.3, 0.4) is 0 Å². The first kappa shape index (κ1) is 15.4. The number of amides is 1. The van der Waals surface area contributed by atoms with Crippen LogP contribution in [0.15, 0.2) is 18.2 Å². The molecule has 0 unspecified atom stereocenters. The van der Waals surface area contributed by atoms with Gasteiger partial charge in [-0.25, -0.2) is 4.79 Å². The third kappa shape index (κ3) is 4.21. The van der Waals surface area contributed by atoms with Gasteiger partial charge in [-0.05, 0) is 18.2 Å². The van der Waals surface area contributed by atoms with Gasteiger partial charge in [0.2, 0.25) is 0 Å². The van der Waals surface area contributed by atoms with Crippen molar-refractivity contribution in [2.75, 3.05) is 27.4 Å². The smallest absolute Gasteiger partial charge is 0.338 e. The number of hydrogen-bond donors (Lipinski definition) is 1. The van der Waals surface area contributed by atoms with E-state index in [1.807, 2.05) is 0 Å². The molecule has 0 spiro atoms. The summed E-state index contributed by atoms with van der Waals surface area (Å²) in [7, 11) is 2.95. The highest BCUT2D eigenvalue weighted by atomic mass is 16.5. The number of methoxy groups -OCH3 is 2. The van der Waals surface area contributed by atoms with Gasteiger partial charge in [-0.1, -0.05) is 5.92 Å². The minimum absolute atomic E-state index is 0.0900. The predicted molar refractivity (Wildman–Crippen MR) is 71.7 cm³/mol. The van der Waals surface area contributed by atoms with Crippen LogP contribution in [0.5, 0.6) is 11.5 Å². The molecule has 106 valence electrons. The molecular formula is C14H15NO5. The SMILES string of the molecule is C#CCNC(=O)COC(=O)c1ccc(OC)c(OC)c1. The summed E-state index contributed by atoms with van der Waals surface area (Å²) in [5, 5.41) is 2.38. The van der Waals surface area contributed by atoms with Crippen molar-refractivity contribution in [2.24, 2.45) is 0 Å². The Hall–Kier alpha value is -2.68. The first-order chi connectivity index (χ1) is 9.62. The van der Waals surface area contributed by atoms with Gasteiger partial charge in [-0.2, -0.15) is 0 Å². The van der Waals surface area contributed by atoms with E-state index in [-0.39, 0.29) is 12.1 Å². The number of benzene rings is 1. The van der Waals surface area contributed by atoms with Crippen molar-refractivity contribution in [2.45, 2.75) is 0 Å². The van der Waals surface area contributed by atoms with Gasteiger partial charge < -0.3 is 19.5 Å². The standard InChI is InChI=1S/C14H15NO5/c1-4-7-15-13(16)9-20-14(17)10-5-6-11(18-2)12(8-10)19-3/h1,5-6,8H,7,9H2,2-3H3,(H,15,16). The summed E-state index contributed by atoms with van der Waals surface area (Å²) in [5.74, 6) is 2.04. The monoisotopic (exact) mass is 277 g/mol. The number of carbonyl (C=O) groups excluding carboxylic acids is 2. The molecule has 20 heavy (non-hydrogen) atoms. The van der Waals surface area contributed by atoms with Crippen LogP contribution in [0.1, 0.15) is 10.4 Å². The van der Waals surface area contributed by atoms with Gasteiger partial charge in [0.1, 0.15) is 0 Å². The lowest BCUT2D eigenvalue weighted by molar-refractivity contribution is -0.123. The molecule has 0 radical (unpaired) electrons. The summed E-state index contributed by atoms with van der Waals surface area (Å²) in [6.45, 7) is -0.304. The normalized spacial score (nSPS) is 9.25. The molecule has 1 aromatic rings.